The van der Waals surface area contributed by atoms with Gasteiger partial charge in [0.25, 0.3) is 5.91 Å². The number of aromatic nitrogens is 2. The molecule has 1 aliphatic rings. The van der Waals surface area contributed by atoms with Crippen LogP contribution in [0.3, 0.4) is 0 Å². The van der Waals surface area contributed by atoms with Gasteiger partial charge in [-0.3, -0.25) is 4.79 Å². The lowest BCUT2D eigenvalue weighted by molar-refractivity contribution is 0.0923. The third-order valence-corrected chi connectivity index (χ3v) is 4.66. The predicted octanol–water partition coefficient (Wildman–Crippen LogP) is 3.20. The first kappa shape index (κ1) is 16.2. The Morgan fingerprint density at radius 3 is 2.77 bits per heavy atom. The Morgan fingerprint density at radius 1 is 1.15 bits per heavy atom. The standard InChI is InChI=1S/C20H17FN4O/c1-11-4-2-3-5-13(11)15-8-12(21)6-7-14(15)17-9-18-16(19(26)24-17)10-23-20(22)25-18/h2-8,10,17H,9H2,1H3,(H,24,26)(H2,22,23,25)/t17-/m1/s1. The highest BCUT2D eigenvalue weighted by molar-refractivity contribution is 5.96. The molecule has 6 heteroatoms. The highest BCUT2D eigenvalue weighted by atomic mass is 19.1. The van der Waals surface area contributed by atoms with Crippen LogP contribution in [0, 0.1) is 12.7 Å². The molecule has 3 N–H and O–H groups in total. The highest BCUT2D eigenvalue weighted by Crippen LogP contribution is 2.34. The van der Waals surface area contributed by atoms with E-state index in [0.717, 1.165) is 22.3 Å². The van der Waals surface area contributed by atoms with Crippen molar-refractivity contribution in [3.63, 3.8) is 0 Å². The lowest BCUT2D eigenvalue weighted by Crippen LogP contribution is -2.36. The van der Waals surface area contributed by atoms with Gasteiger partial charge >= 0.3 is 0 Å². The van der Waals surface area contributed by atoms with Crippen molar-refractivity contribution in [2.24, 2.45) is 0 Å². The van der Waals surface area contributed by atoms with Gasteiger partial charge in [-0.2, -0.15) is 0 Å². The fourth-order valence-corrected chi connectivity index (χ4v) is 3.39. The van der Waals surface area contributed by atoms with E-state index in [2.05, 4.69) is 15.3 Å². The van der Waals surface area contributed by atoms with Crippen LogP contribution in [0.15, 0.2) is 48.7 Å². The molecule has 1 amide bonds. The number of rotatable bonds is 2. The molecule has 0 radical (unpaired) electrons. The third kappa shape index (κ3) is 2.79. The summed E-state index contributed by atoms with van der Waals surface area (Å²) in [7, 11) is 0. The van der Waals surface area contributed by atoms with Crippen LogP contribution >= 0.6 is 0 Å². The highest BCUT2D eigenvalue weighted by Gasteiger charge is 2.29. The van der Waals surface area contributed by atoms with Gasteiger partial charge in [0, 0.05) is 12.6 Å². The first-order valence-corrected chi connectivity index (χ1v) is 8.30. The molecular formula is C20H17FN4O. The molecule has 26 heavy (non-hydrogen) atoms. The summed E-state index contributed by atoms with van der Waals surface area (Å²) in [5, 5.41) is 2.98. The molecule has 130 valence electrons. The van der Waals surface area contributed by atoms with Crippen molar-refractivity contribution in [3.05, 3.63) is 76.9 Å². The number of carbonyl (C=O) groups excluding carboxylic acids is 1. The van der Waals surface area contributed by atoms with Gasteiger partial charge in [0.05, 0.1) is 17.3 Å². The van der Waals surface area contributed by atoms with Crippen LogP contribution in [0.4, 0.5) is 10.3 Å². The summed E-state index contributed by atoms with van der Waals surface area (Å²) in [6.07, 6.45) is 1.91. The summed E-state index contributed by atoms with van der Waals surface area (Å²) in [5.74, 6) is -0.437. The molecule has 4 rings (SSSR count). The minimum Gasteiger partial charge on any atom is -0.368 e. The number of hydrogen-bond acceptors (Lipinski definition) is 4. The van der Waals surface area contributed by atoms with Gasteiger partial charge in [-0.25, -0.2) is 14.4 Å². The van der Waals surface area contributed by atoms with E-state index >= 15 is 0 Å². The molecule has 0 fully saturated rings. The average Bonchev–Trinajstić information content (AvgIpc) is 2.61. The van der Waals surface area contributed by atoms with E-state index in [4.69, 9.17) is 5.73 Å². The molecule has 1 aromatic heterocycles. The van der Waals surface area contributed by atoms with Crippen LogP contribution in [0.5, 0.6) is 0 Å². The van der Waals surface area contributed by atoms with Gasteiger partial charge in [-0.1, -0.05) is 30.3 Å². The number of aryl methyl sites for hydroxylation is 1. The van der Waals surface area contributed by atoms with Gasteiger partial charge in [0.15, 0.2) is 0 Å². The number of hydrogen-bond donors (Lipinski definition) is 2. The second kappa shape index (κ2) is 6.22. The van der Waals surface area contributed by atoms with Crippen molar-refractivity contribution in [1.82, 2.24) is 15.3 Å². The SMILES string of the molecule is Cc1ccccc1-c1cc(F)ccc1[C@H]1Cc2nc(N)ncc2C(=O)N1. The normalized spacial score (nSPS) is 16.1. The maximum atomic E-state index is 14.0. The van der Waals surface area contributed by atoms with Crippen LogP contribution in [0.1, 0.15) is 33.2 Å². The Bertz CT molecular complexity index is 1020. The summed E-state index contributed by atoms with van der Waals surface area (Å²) >= 11 is 0. The number of nitrogen functional groups attached to an aromatic ring is 1. The first-order valence-electron chi connectivity index (χ1n) is 8.30. The predicted molar refractivity (Wildman–Crippen MR) is 96.9 cm³/mol. The van der Waals surface area contributed by atoms with Crippen molar-refractivity contribution in [3.8, 4) is 11.1 Å². The van der Waals surface area contributed by atoms with E-state index in [9.17, 15) is 9.18 Å². The molecule has 5 nitrogen and oxygen atoms in total. The maximum absolute atomic E-state index is 14.0. The Morgan fingerprint density at radius 2 is 1.96 bits per heavy atom. The Balaban J connectivity index is 1.82. The number of benzene rings is 2. The molecule has 2 heterocycles. The summed E-state index contributed by atoms with van der Waals surface area (Å²) in [4.78, 5) is 20.6. The molecule has 3 aromatic rings. The Labute approximate surface area is 150 Å². The second-order valence-corrected chi connectivity index (χ2v) is 6.37. The number of nitrogens with one attached hydrogen (secondary N) is 1. The fourth-order valence-electron chi connectivity index (χ4n) is 3.39. The van der Waals surface area contributed by atoms with Crippen LogP contribution < -0.4 is 11.1 Å². The second-order valence-electron chi connectivity index (χ2n) is 6.37. The van der Waals surface area contributed by atoms with Crippen LogP contribution in [-0.4, -0.2) is 15.9 Å². The van der Waals surface area contributed by atoms with Crippen molar-refractivity contribution >= 4 is 11.9 Å². The third-order valence-electron chi connectivity index (χ3n) is 4.66. The average molecular weight is 348 g/mol. The van der Waals surface area contributed by atoms with Crippen LogP contribution in [0.25, 0.3) is 11.1 Å². The quantitative estimate of drug-likeness (QED) is 0.745. The molecular weight excluding hydrogens is 331 g/mol. The molecule has 1 aliphatic heterocycles. The number of halogens is 1. The molecule has 0 unspecified atom stereocenters. The fraction of sp³-hybridized carbons (Fsp3) is 0.150. The van der Waals surface area contributed by atoms with E-state index in [1.54, 1.807) is 6.07 Å². The Hall–Kier alpha value is -3.28. The molecule has 2 aromatic carbocycles. The zero-order chi connectivity index (χ0) is 18.3. The monoisotopic (exact) mass is 348 g/mol. The van der Waals surface area contributed by atoms with Crippen LogP contribution in [0.2, 0.25) is 0 Å². The van der Waals surface area contributed by atoms with Crippen molar-refractivity contribution in [2.75, 3.05) is 5.73 Å². The maximum Gasteiger partial charge on any atom is 0.255 e. The van der Waals surface area contributed by atoms with E-state index < -0.39 is 0 Å². The molecule has 0 spiro atoms. The first-order chi connectivity index (χ1) is 12.5. The number of nitrogens with two attached hydrogens (primary N) is 1. The van der Waals surface area contributed by atoms with Crippen molar-refractivity contribution in [2.45, 2.75) is 19.4 Å². The van der Waals surface area contributed by atoms with Gasteiger partial charge in [-0.05, 0) is 41.3 Å². The molecule has 0 bridgehead atoms. The molecule has 0 saturated heterocycles. The smallest absolute Gasteiger partial charge is 0.255 e. The summed E-state index contributed by atoms with van der Waals surface area (Å²) < 4.78 is 14.0. The zero-order valence-electron chi connectivity index (χ0n) is 14.2. The number of fused-ring (bicyclic) bond motifs is 1. The van der Waals surface area contributed by atoms with E-state index in [1.807, 2.05) is 31.2 Å². The largest absolute Gasteiger partial charge is 0.368 e. The molecule has 0 aliphatic carbocycles. The number of anilines is 1. The molecule has 0 saturated carbocycles. The van der Waals surface area contributed by atoms with E-state index in [-0.39, 0.29) is 23.7 Å². The van der Waals surface area contributed by atoms with Crippen molar-refractivity contribution in [1.29, 1.82) is 0 Å². The minimum atomic E-state index is -0.320. The minimum absolute atomic E-state index is 0.135. The van der Waals surface area contributed by atoms with E-state index in [1.165, 1.54) is 18.3 Å². The summed E-state index contributed by atoms with van der Waals surface area (Å²) in [6, 6.07) is 12.1. The van der Waals surface area contributed by atoms with Gasteiger partial charge < -0.3 is 11.1 Å². The van der Waals surface area contributed by atoms with Crippen LogP contribution in [-0.2, 0) is 6.42 Å². The van der Waals surface area contributed by atoms with Gasteiger partial charge in [0.1, 0.15) is 5.82 Å². The number of carbonyl (C=O) groups is 1. The number of nitrogens with zero attached hydrogens (tertiary/aromatic N) is 2. The lowest BCUT2D eigenvalue weighted by atomic mass is 9.88. The zero-order valence-corrected chi connectivity index (χ0v) is 14.2. The summed E-state index contributed by atoms with van der Waals surface area (Å²) in [6.45, 7) is 1.98. The summed E-state index contributed by atoms with van der Waals surface area (Å²) in [5.41, 5.74) is 10.3. The lowest BCUT2D eigenvalue weighted by Gasteiger charge is -2.27. The van der Waals surface area contributed by atoms with Gasteiger partial charge in [0.2, 0.25) is 5.95 Å². The Kier molecular flexibility index (Phi) is 3.88. The number of amides is 1. The molecule has 1 atom stereocenters. The topological polar surface area (TPSA) is 80.9 Å². The van der Waals surface area contributed by atoms with E-state index in [0.29, 0.717) is 17.7 Å². The van der Waals surface area contributed by atoms with Gasteiger partial charge in [-0.15, -0.1) is 0 Å². The van der Waals surface area contributed by atoms with Crippen molar-refractivity contribution < 1.29 is 9.18 Å².